The van der Waals surface area contributed by atoms with Crippen LogP contribution in [0.15, 0.2) is 66.7 Å². The lowest BCUT2D eigenvalue weighted by Gasteiger charge is -2.39. The number of carbonyl (C=O) groups is 3. The van der Waals surface area contributed by atoms with Crippen LogP contribution in [0, 0.1) is 23.7 Å². The van der Waals surface area contributed by atoms with Gasteiger partial charge in [-0.3, -0.25) is 19.2 Å². The third-order valence-electron chi connectivity index (χ3n) is 10.9. The molecule has 2 fully saturated rings. The van der Waals surface area contributed by atoms with Gasteiger partial charge >= 0.3 is 0 Å². The van der Waals surface area contributed by atoms with Crippen LogP contribution in [0.1, 0.15) is 66.8 Å². The van der Waals surface area contributed by atoms with Gasteiger partial charge in [0.2, 0.25) is 5.91 Å². The lowest BCUT2D eigenvalue weighted by atomic mass is 9.73. The zero-order chi connectivity index (χ0) is 37.7. The number of hydroxylamine groups is 2. The highest BCUT2D eigenvalue weighted by molar-refractivity contribution is 5.97. The molecule has 1 heterocycles. The van der Waals surface area contributed by atoms with Gasteiger partial charge in [-0.05, 0) is 73.4 Å². The molecule has 0 aromatic heterocycles. The van der Waals surface area contributed by atoms with Crippen molar-refractivity contribution in [1.29, 1.82) is 0 Å². The Morgan fingerprint density at radius 1 is 0.981 bits per heavy atom. The van der Waals surface area contributed by atoms with Crippen LogP contribution in [0.5, 0.6) is 5.75 Å². The molecule has 3 aromatic rings. The number of rotatable bonds is 12. The smallest absolute Gasteiger partial charge is 0.251 e. The molecule has 0 bridgehead atoms. The summed E-state index contributed by atoms with van der Waals surface area (Å²) in [5, 5.41) is 21.9. The number of methoxy groups -OCH3 is 1. The maximum absolute atomic E-state index is 14.5. The second-order valence-electron chi connectivity index (χ2n) is 14.8. The molecule has 11 heteroatoms. The van der Waals surface area contributed by atoms with Crippen molar-refractivity contribution in [3.8, 4) is 16.9 Å². The molecule has 0 radical (unpaired) electrons. The van der Waals surface area contributed by atoms with Crippen LogP contribution in [0.25, 0.3) is 11.1 Å². The summed E-state index contributed by atoms with van der Waals surface area (Å²) in [5.41, 5.74) is 4.18. The zero-order valence-corrected chi connectivity index (χ0v) is 31.7. The third-order valence-corrected chi connectivity index (χ3v) is 10.9. The first-order valence-corrected chi connectivity index (χ1v) is 18.3. The van der Waals surface area contributed by atoms with E-state index in [0.717, 1.165) is 35.2 Å². The number of aliphatic hydroxyl groups excluding tert-OH is 1. The number of hydrogen-bond donors (Lipinski definition) is 4. The first-order valence-electron chi connectivity index (χ1n) is 18.3. The van der Waals surface area contributed by atoms with Crippen molar-refractivity contribution in [2.24, 2.45) is 23.7 Å². The Morgan fingerprint density at radius 3 is 2.37 bits per heavy atom. The van der Waals surface area contributed by atoms with E-state index in [1.54, 1.807) is 50.4 Å². The Bertz CT molecular complexity index is 1710. The van der Waals surface area contributed by atoms with Crippen LogP contribution >= 0.6 is 0 Å². The summed E-state index contributed by atoms with van der Waals surface area (Å²) >= 11 is 0. The van der Waals surface area contributed by atoms with Gasteiger partial charge in [0.05, 0.1) is 19.8 Å². The maximum atomic E-state index is 14.5. The standard InChI is InChI=1S/C41H55N5O6/c1-24-17-25(2)26(3)34(18-24)44-41(50)37-36(27(4)47)35(22-43-40(49)28-13-10-9-11-14-28)52-46(37)23-29-15-12-16-33(38(29)51-8)30-19-31(39(48)42-5)21-32(20-30)45(6)7/h9-16,19-21,24-27,34-37,47H,17-18,22-23H2,1-8H3,(H,42,48)(H,43,49)(H,44,50)/t24-,25+,26+,27+,34+,35+,36-,37+/m1/s1. The lowest BCUT2D eigenvalue weighted by Crippen LogP contribution is -2.54. The Labute approximate surface area is 308 Å². The van der Waals surface area contributed by atoms with Crippen LogP contribution in [0.2, 0.25) is 0 Å². The van der Waals surface area contributed by atoms with Gasteiger partial charge in [-0.25, -0.2) is 0 Å². The summed E-state index contributed by atoms with van der Waals surface area (Å²) in [6, 6.07) is 19.5. The monoisotopic (exact) mass is 713 g/mol. The first kappa shape index (κ1) is 38.8. The minimum absolute atomic E-state index is 0.0177. The van der Waals surface area contributed by atoms with Crippen molar-refractivity contribution >= 4 is 23.4 Å². The molecule has 2 aliphatic rings. The fourth-order valence-electron chi connectivity index (χ4n) is 7.87. The summed E-state index contributed by atoms with van der Waals surface area (Å²) in [7, 11) is 7.04. The Balaban J connectivity index is 1.50. The summed E-state index contributed by atoms with van der Waals surface area (Å²) < 4.78 is 6.05. The van der Waals surface area contributed by atoms with Crippen LogP contribution < -0.4 is 25.6 Å². The number of aliphatic hydroxyl groups is 1. The van der Waals surface area contributed by atoms with Crippen molar-refractivity contribution in [1.82, 2.24) is 21.0 Å². The largest absolute Gasteiger partial charge is 0.496 e. The van der Waals surface area contributed by atoms with E-state index in [0.29, 0.717) is 28.7 Å². The highest BCUT2D eigenvalue weighted by Crippen LogP contribution is 2.40. The summed E-state index contributed by atoms with van der Waals surface area (Å²) in [4.78, 5) is 48.8. The van der Waals surface area contributed by atoms with E-state index in [2.05, 4.69) is 36.7 Å². The molecule has 4 N–H and O–H groups in total. The molecule has 280 valence electrons. The zero-order valence-electron chi connectivity index (χ0n) is 31.7. The number of nitrogens with one attached hydrogen (secondary N) is 3. The highest BCUT2D eigenvalue weighted by atomic mass is 16.7. The van der Waals surface area contributed by atoms with Gasteiger partial charge in [-0.1, -0.05) is 57.2 Å². The van der Waals surface area contributed by atoms with Crippen molar-refractivity contribution in [2.75, 3.05) is 39.7 Å². The minimum atomic E-state index is -0.925. The molecule has 3 aromatic carbocycles. The van der Waals surface area contributed by atoms with E-state index in [1.165, 1.54) is 0 Å². The van der Waals surface area contributed by atoms with E-state index in [1.807, 2.05) is 61.5 Å². The van der Waals surface area contributed by atoms with Crippen LogP contribution in [0.3, 0.4) is 0 Å². The average molecular weight is 714 g/mol. The normalized spacial score (nSPS) is 25.2. The second-order valence-corrected chi connectivity index (χ2v) is 14.8. The van der Waals surface area contributed by atoms with Crippen molar-refractivity contribution in [3.63, 3.8) is 0 Å². The number of hydrogen-bond acceptors (Lipinski definition) is 8. The van der Waals surface area contributed by atoms with Crippen molar-refractivity contribution < 1.29 is 29.1 Å². The highest BCUT2D eigenvalue weighted by Gasteiger charge is 2.50. The summed E-state index contributed by atoms with van der Waals surface area (Å²) in [5.74, 6) is 0.458. The second kappa shape index (κ2) is 16.9. The molecule has 8 atom stereocenters. The predicted octanol–water partition coefficient (Wildman–Crippen LogP) is 4.89. The molecule has 52 heavy (non-hydrogen) atoms. The number of benzene rings is 3. The lowest BCUT2D eigenvalue weighted by molar-refractivity contribution is -0.175. The fourth-order valence-corrected chi connectivity index (χ4v) is 7.87. The van der Waals surface area contributed by atoms with Gasteiger partial charge in [0, 0.05) is 67.6 Å². The molecular weight excluding hydrogens is 658 g/mol. The minimum Gasteiger partial charge on any atom is -0.496 e. The van der Waals surface area contributed by atoms with Crippen LogP contribution in [0.4, 0.5) is 5.69 Å². The molecule has 3 amide bonds. The van der Waals surface area contributed by atoms with Gasteiger partial charge in [-0.15, -0.1) is 0 Å². The number of amides is 3. The quantitative estimate of drug-likeness (QED) is 0.209. The predicted molar refractivity (Wildman–Crippen MR) is 203 cm³/mol. The number of anilines is 1. The molecule has 1 saturated heterocycles. The number of carbonyl (C=O) groups excluding carboxylic acids is 3. The van der Waals surface area contributed by atoms with Gasteiger partial charge in [0.15, 0.2) is 0 Å². The molecular formula is C41H55N5O6. The van der Waals surface area contributed by atoms with E-state index in [-0.39, 0.29) is 42.8 Å². The van der Waals surface area contributed by atoms with Crippen molar-refractivity contribution in [3.05, 3.63) is 83.4 Å². The van der Waals surface area contributed by atoms with Crippen LogP contribution in [-0.4, -0.2) is 87.0 Å². The molecule has 0 unspecified atom stereocenters. The van der Waals surface area contributed by atoms with Gasteiger partial charge in [-0.2, -0.15) is 5.06 Å². The fraction of sp³-hybridized carbons (Fsp3) is 0.488. The SMILES string of the molecule is CNC(=O)c1cc(-c2cccc(CN3O[C@@H](CNC(=O)c4ccccc4)[C@@H]([C@H](C)O)[C@H]3C(=O)N[C@H]3C[C@H](C)C[C@H](C)[C@@H]3C)c2OC)cc(N(C)C)c1. The Kier molecular flexibility index (Phi) is 12.6. The summed E-state index contributed by atoms with van der Waals surface area (Å²) in [6.07, 6.45) is 0.377. The Morgan fingerprint density at radius 2 is 1.71 bits per heavy atom. The van der Waals surface area contributed by atoms with Crippen LogP contribution in [-0.2, 0) is 16.2 Å². The van der Waals surface area contributed by atoms with Gasteiger partial charge < -0.3 is 30.7 Å². The number of para-hydroxylation sites is 1. The van der Waals surface area contributed by atoms with Crippen molar-refractivity contribution in [2.45, 2.75) is 71.4 Å². The molecule has 1 saturated carbocycles. The van der Waals surface area contributed by atoms with E-state index >= 15 is 0 Å². The number of nitrogens with zero attached hydrogens (tertiary/aromatic N) is 2. The Hall–Kier alpha value is -4.45. The van der Waals surface area contributed by atoms with E-state index < -0.39 is 24.2 Å². The topological polar surface area (TPSA) is 132 Å². The van der Waals surface area contributed by atoms with Gasteiger partial charge in [0.25, 0.3) is 11.8 Å². The molecule has 5 rings (SSSR count). The molecule has 11 nitrogen and oxygen atoms in total. The average Bonchev–Trinajstić information content (AvgIpc) is 3.50. The van der Waals surface area contributed by atoms with Gasteiger partial charge in [0.1, 0.15) is 17.9 Å². The molecule has 1 aliphatic carbocycles. The third kappa shape index (κ3) is 8.60. The molecule has 0 spiro atoms. The first-order chi connectivity index (χ1) is 24.8. The van der Waals surface area contributed by atoms with E-state index in [9.17, 15) is 19.5 Å². The molecule has 1 aliphatic heterocycles. The number of ether oxygens (including phenoxy) is 1. The summed E-state index contributed by atoms with van der Waals surface area (Å²) in [6.45, 7) is 8.57. The van der Waals surface area contributed by atoms with E-state index in [4.69, 9.17) is 9.57 Å². The maximum Gasteiger partial charge on any atom is 0.251 e.